The van der Waals surface area contributed by atoms with Crippen molar-refractivity contribution in [2.45, 2.75) is 36.6 Å². The standard InChI is InChI=1S/C13H16N2O5S/c16-13-4-3-10(7-12(13)15(17)18)21(19,20)14-11-6-8-1-2-9(11)5-8/h3-4,7-9,11,14,16H,1-2,5-6H2. The topological polar surface area (TPSA) is 110 Å². The van der Waals surface area contributed by atoms with Gasteiger partial charge in [-0.1, -0.05) is 6.42 Å². The summed E-state index contributed by atoms with van der Waals surface area (Å²) in [6.07, 6.45) is 4.09. The molecule has 8 heteroatoms. The van der Waals surface area contributed by atoms with Gasteiger partial charge in [0.05, 0.1) is 9.82 Å². The van der Waals surface area contributed by atoms with Crippen molar-refractivity contribution in [2.24, 2.45) is 11.8 Å². The molecule has 0 amide bonds. The number of sulfonamides is 1. The predicted molar refractivity (Wildman–Crippen MR) is 74.3 cm³/mol. The van der Waals surface area contributed by atoms with Crippen molar-refractivity contribution in [1.82, 2.24) is 4.72 Å². The monoisotopic (exact) mass is 312 g/mol. The van der Waals surface area contributed by atoms with Crippen LogP contribution in [0.15, 0.2) is 23.1 Å². The molecule has 2 bridgehead atoms. The number of nitrogens with one attached hydrogen (secondary N) is 1. The summed E-state index contributed by atoms with van der Waals surface area (Å²) in [5.74, 6) is 0.424. The van der Waals surface area contributed by atoms with E-state index in [1.165, 1.54) is 6.07 Å². The van der Waals surface area contributed by atoms with E-state index < -0.39 is 26.4 Å². The second-order valence-corrected chi connectivity index (χ2v) is 7.52. The highest BCUT2D eigenvalue weighted by molar-refractivity contribution is 7.89. The van der Waals surface area contributed by atoms with E-state index in [4.69, 9.17) is 0 Å². The average molecular weight is 312 g/mol. The first-order chi connectivity index (χ1) is 9.87. The maximum Gasteiger partial charge on any atom is 0.312 e. The Morgan fingerprint density at radius 3 is 2.62 bits per heavy atom. The fraction of sp³-hybridized carbons (Fsp3) is 0.538. The third kappa shape index (κ3) is 2.60. The van der Waals surface area contributed by atoms with Crippen molar-refractivity contribution in [2.75, 3.05) is 0 Å². The van der Waals surface area contributed by atoms with E-state index in [9.17, 15) is 23.6 Å². The molecule has 0 aromatic heterocycles. The summed E-state index contributed by atoms with van der Waals surface area (Å²) in [5, 5.41) is 20.2. The fourth-order valence-electron chi connectivity index (χ4n) is 3.47. The van der Waals surface area contributed by atoms with Gasteiger partial charge in [-0.15, -0.1) is 0 Å². The fourth-order valence-corrected chi connectivity index (χ4v) is 4.81. The van der Waals surface area contributed by atoms with Crippen molar-refractivity contribution in [1.29, 1.82) is 0 Å². The number of hydrogen-bond acceptors (Lipinski definition) is 5. The van der Waals surface area contributed by atoms with Crippen LogP contribution in [-0.2, 0) is 10.0 Å². The molecule has 0 spiro atoms. The summed E-state index contributed by atoms with van der Waals surface area (Å²) in [4.78, 5) is 9.79. The van der Waals surface area contributed by atoms with Crippen LogP contribution in [0.5, 0.6) is 5.75 Å². The van der Waals surface area contributed by atoms with Crippen molar-refractivity contribution in [3.8, 4) is 5.75 Å². The molecule has 7 nitrogen and oxygen atoms in total. The van der Waals surface area contributed by atoms with Crippen molar-refractivity contribution in [3.63, 3.8) is 0 Å². The van der Waals surface area contributed by atoms with Gasteiger partial charge in [0.15, 0.2) is 5.75 Å². The van der Waals surface area contributed by atoms with Crippen LogP contribution in [-0.4, -0.2) is 24.5 Å². The molecule has 1 aromatic carbocycles. The molecule has 114 valence electrons. The molecular formula is C13H16N2O5S. The van der Waals surface area contributed by atoms with E-state index >= 15 is 0 Å². The second-order valence-electron chi connectivity index (χ2n) is 5.81. The predicted octanol–water partition coefficient (Wildman–Crippen LogP) is 1.77. The van der Waals surface area contributed by atoms with E-state index in [1.54, 1.807) is 0 Å². The number of aromatic hydroxyl groups is 1. The number of nitro groups is 1. The normalized spacial score (nSPS) is 27.9. The van der Waals surface area contributed by atoms with Gasteiger partial charge < -0.3 is 5.11 Å². The number of nitrogens with zero attached hydrogens (tertiary/aromatic N) is 1. The first kappa shape index (κ1) is 14.3. The Bertz CT molecular complexity index is 688. The molecule has 0 radical (unpaired) electrons. The molecule has 3 atom stereocenters. The lowest BCUT2D eigenvalue weighted by Crippen LogP contribution is -2.38. The van der Waals surface area contributed by atoms with Crippen LogP contribution < -0.4 is 4.72 Å². The summed E-state index contributed by atoms with van der Waals surface area (Å²) < 4.78 is 27.3. The van der Waals surface area contributed by atoms with E-state index in [-0.39, 0.29) is 10.9 Å². The number of phenols is 1. The van der Waals surface area contributed by atoms with Gasteiger partial charge in [-0.25, -0.2) is 13.1 Å². The van der Waals surface area contributed by atoms with Gasteiger partial charge in [0.2, 0.25) is 10.0 Å². The molecule has 2 aliphatic carbocycles. The number of nitro benzene ring substituents is 1. The number of phenolic OH excluding ortho intramolecular Hbond substituents is 1. The third-order valence-electron chi connectivity index (χ3n) is 4.50. The molecule has 0 saturated heterocycles. The Balaban J connectivity index is 1.85. The Morgan fingerprint density at radius 1 is 1.29 bits per heavy atom. The molecule has 2 aliphatic rings. The van der Waals surface area contributed by atoms with Gasteiger partial charge in [0, 0.05) is 12.1 Å². The number of rotatable bonds is 4. The highest BCUT2D eigenvalue weighted by Crippen LogP contribution is 2.45. The number of fused-ring (bicyclic) bond motifs is 2. The zero-order valence-electron chi connectivity index (χ0n) is 11.2. The van der Waals surface area contributed by atoms with Gasteiger partial charge in [-0.3, -0.25) is 10.1 Å². The quantitative estimate of drug-likeness (QED) is 0.650. The van der Waals surface area contributed by atoms with Crippen LogP contribution in [0.3, 0.4) is 0 Å². The summed E-state index contributed by atoms with van der Waals surface area (Å²) in [7, 11) is -3.80. The molecule has 3 unspecified atom stereocenters. The largest absolute Gasteiger partial charge is 0.502 e. The SMILES string of the molecule is O=[N+]([O-])c1cc(S(=O)(=O)NC2CC3CCC2C3)ccc1O. The Morgan fingerprint density at radius 2 is 2.05 bits per heavy atom. The minimum absolute atomic E-state index is 0.0818. The van der Waals surface area contributed by atoms with Gasteiger partial charge in [0.1, 0.15) is 0 Å². The van der Waals surface area contributed by atoms with Crippen LogP contribution >= 0.6 is 0 Å². The summed E-state index contributed by atoms with van der Waals surface area (Å²) in [5.41, 5.74) is -0.606. The van der Waals surface area contributed by atoms with Gasteiger partial charge in [-0.05, 0) is 43.2 Å². The minimum atomic E-state index is -3.80. The Hall–Kier alpha value is -1.67. The summed E-state index contributed by atoms with van der Waals surface area (Å²) in [6.45, 7) is 0. The van der Waals surface area contributed by atoms with E-state index in [0.717, 1.165) is 37.8 Å². The maximum absolute atomic E-state index is 12.3. The van der Waals surface area contributed by atoms with E-state index in [0.29, 0.717) is 11.8 Å². The lowest BCUT2D eigenvalue weighted by molar-refractivity contribution is -0.386. The number of benzene rings is 1. The molecule has 0 heterocycles. The molecule has 2 N–H and O–H groups in total. The molecule has 2 fully saturated rings. The minimum Gasteiger partial charge on any atom is -0.502 e. The average Bonchev–Trinajstić information content (AvgIpc) is 3.00. The van der Waals surface area contributed by atoms with Gasteiger partial charge >= 0.3 is 5.69 Å². The van der Waals surface area contributed by atoms with Crippen molar-refractivity contribution in [3.05, 3.63) is 28.3 Å². The maximum atomic E-state index is 12.3. The smallest absolute Gasteiger partial charge is 0.312 e. The van der Waals surface area contributed by atoms with Crippen molar-refractivity contribution < 1.29 is 18.4 Å². The third-order valence-corrected chi connectivity index (χ3v) is 5.99. The van der Waals surface area contributed by atoms with E-state index in [1.807, 2.05) is 0 Å². The first-order valence-corrected chi connectivity index (χ1v) is 8.35. The zero-order chi connectivity index (χ0) is 15.2. The molecule has 1 aromatic rings. The molecule has 2 saturated carbocycles. The highest BCUT2D eigenvalue weighted by Gasteiger charge is 2.41. The number of hydrogen-bond donors (Lipinski definition) is 2. The van der Waals surface area contributed by atoms with Gasteiger partial charge in [-0.2, -0.15) is 0 Å². The van der Waals surface area contributed by atoms with Crippen LogP contribution in [0.2, 0.25) is 0 Å². The lowest BCUT2D eigenvalue weighted by Gasteiger charge is -2.22. The van der Waals surface area contributed by atoms with Crippen LogP contribution in [0, 0.1) is 22.0 Å². The molecule has 3 rings (SSSR count). The Labute approximate surface area is 122 Å². The van der Waals surface area contributed by atoms with Crippen LogP contribution in [0.1, 0.15) is 25.7 Å². The van der Waals surface area contributed by atoms with Crippen molar-refractivity contribution >= 4 is 15.7 Å². The van der Waals surface area contributed by atoms with Gasteiger partial charge in [0.25, 0.3) is 0 Å². The zero-order valence-corrected chi connectivity index (χ0v) is 12.0. The molecule has 21 heavy (non-hydrogen) atoms. The second kappa shape index (κ2) is 4.96. The molecular weight excluding hydrogens is 296 g/mol. The van der Waals surface area contributed by atoms with E-state index in [2.05, 4.69) is 4.72 Å². The van der Waals surface area contributed by atoms with Crippen LogP contribution in [0.25, 0.3) is 0 Å². The Kier molecular flexibility index (Phi) is 3.37. The summed E-state index contributed by atoms with van der Waals surface area (Å²) >= 11 is 0. The van der Waals surface area contributed by atoms with Crippen LogP contribution in [0.4, 0.5) is 5.69 Å². The lowest BCUT2D eigenvalue weighted by atomic mass is 9.96. The summed E-state index contributed by atoms with van der Waals surface area (Å²) in [6, 6.07) is 3.03. The first-order valence-electron chi connectivity index (χ1n) is 6.86. The highest BCUT2D eigenvalue weighted by atomic mass is 32.2. The molecule has 0 aliphatic heterocycles.